The molecule has 0 spiro atoms. The third-order valence-electron chi connectivity index (χ3n) is 2.94. The lowest BCUT2D eigenvalue weighted by atomic mass is 10.3. The van der Waals surface area contributed by atoms with Gasteiger partial charge >= 0.3 is 0 Å². The molecule has 1 aromatic heterocycles. The van der Waals surface area contributed by atoms with Gasteiger partial charge in [0.1, 0.15) is 5.75 Å². The first-order chi connectivity index (χ1) is 11.1. The minimum absolute atomic E-state index is 0.0993. The van der Waals surface area contributed by atoms with Crippen LogP contribution in [0.5, 0.6) is 5.75 Å². The number of carbonyl (C=O) groups is 1. The fourth-order valence-corrected chi connectivity index (χ4v) is 3.67. The lowest BCUT2D eigenvalue weighted by Crippen LogP contribution is -2.22. The van der Waals surface area contributed by atoms with E-state index >= 15 is 0 Å². The number of thioether (sulfide) groups is 1. The molecule has 0 aliphatic rings. The van der Waals surface area contributed by atoms with Crippen molar-refractivity contribution in [3.05, 3.63) is 24.3 Å². The molecule has 2 rings (SSSR count). The Hall–Kier alpha value is -1.80. The standard InChI is InChI=1S/C15H20N4O2S2/c1-4-9-16-14-18-19-15(23-14)22-10(2)13(20)17-11-7-5-6-8-12(11)21-3/h5-8,10H,4,9H2,1-3H3,(H,16,18)(H,17,20). The summed E-state index contributed by atoms with van der Waals surface area (Å²) in [5, 5.41) is 14.7. The molecule has 2 aromatic rings. The summed E-state index contributed by atoms with van der Waals surface area (Å²) >= 11 is 2.85. The number of methoxy groups -OCH3 is 1. The Morgan fingerprint density at radius 1 is 1.39 bits per heavy atom. The topological polar surface area (TPSA) is 76.1 Å². The van der Waals surface area contributed by atoms with Gasteiger partial charge in [0.25, 0.3) is 0 Å². The second-order valence-electron chi connectivity index (χ2n) is 4.75. The highest BCUT2D eigenvalue weighted by atomic mass is 32.2. The molecule has 0 saturated carbocycles. The predicted molar refractivity (Wildman–Crippen MR) is 95.6 cm³/mol. The SMILES string of the molecule is CCCNc1nnc(SC(C)C(=O)Nc2ccccc2OC)s1. The molecule has 6 nitrogen and oxygen atoms in total. The molecule has 124 valence electrons. The summed E-state index contributed by atoms with van der Waals surface area (Å²) < 4.78 is 6.00. The minimum atomic E-state index is -0.285. The summed E-state index contributed by atoms with van der Waals surface area (Å²) in [4.78, 5) is 12.3. The van der Waals surface area contributed by atoms with Gasteiger partial charge in [0.2, 0.25) is 11.0 Å². The first-order valence-electron chi connectivity index (χ1n) is 7.32. The summed E-state index contributed by atoms with van der Waals surface area (Å²) in [6.07, 6.45) is 1.03. The number of benzene rings is 1. The van der Waals surface area contributed by atoms with Gasteiger partial charge in [0.15, 0.2) is 4.34 Å². The third kappa shape index (κ3) is 5.11. The number of hydrogen-bond acceptors (Lipinski definition) is 7. The Balaban J connectivity index is 1.93. The molecule has 1 heterocycles. The predicted octanol–water partition coefficient (Wildman–Crippen LogP) is 3.49. The third-order valence-corrected chi connectivity index (χ3v) is 5.01. The number of rotatable bonds is 8. The zero-order valence-corrected chi connectivity index (χ0v) is 15.0. The van der Waals surface area contributed by atoms with E-state index in [9.17, 15) is 4.79 Å². The van der Waals surface area contributed by atoms with E-state index in [1.165, 1.54) is 23.1 Å². The number of anilines is 2. The van der Waals surface area contributed by atoms with E-state index < -0.39 is 0 Å². The zero-order valence-electron chi connectivity index (χ0n) is 13.3. The number of para-hydroxylation sites is 2. The molecular weight excluding hydrogens is 332 g/mol. The maximum Gasteiger partial charge on any atom is 0.237 e. The smallest absolute Gasteiger partial charge is 0.237 e. The number of amides is 1. The van der Waals surface area contributed by atoms with Crippen molar-refractivity contribution in [3.8, 4) is 5.75 Å². The first-order valence-corrected chi connectivity index (χ1v) is 9.01. The molecule has 23 heavy (non-hydrogen) atoms. The van der Waals surface area contributed by atoms with Crippen molar-refractivity contribution in [2.45, 2.75) is 29.9 Å². The van der Waals surface area contributed by atoms with Crippen molar-refractivity contribution < 1.29 is 9.53 Å². The number of carbonyl (C=O) groups excluding carboxylic acids is 1. The van der Waals surface area contributed by atoms with Crippen LogP contribution >= 0.6 is 23.1 Å². The summed E-state index contributed by atoms with van der Waals surface area (Å²) in [7, 11) is 1.58. The van der Waals surface area contributed by atoms with Gasteiger partial charge in [-0.3, -0.25) is 4.79 Å². The minimum Gasteiger partial charge on any atom is -0.495 e. The maximum atomic E-state index is 12.3. The molecule has 0 fully saturated rings. The molecule has 1 amide bonds. The number of nitrogens with zero attached hydrogens (tertiary/aromatic N) is 2. The molecule has 0 bridgehead atoms. The lowest BCUT2D eigenvalue weighted by Gasteiger charge is -2.12. The molecule has 1 unspecified atom stereocenters. The number of ether oxygens (including phenoxy) is 1. The number of hydrogen-bond donors (Lipinski definition) is 2. The fourth-order valence-electron chi connectivity index (χ4n) is 1.75. The van der Waals surface area contributed by atoms with Gasteiger partial charge in [0, 0.05) is 6.54 Å². The number of nitrogens with one attached hydrogen (secondary N) is 2. The zero-order chi connectivity index (χ0) is 16.7. The molecule has 8 heteroatoms. The van der Waals surface area contributed by atoms with Crippen molar-refractivity contribution >= 4 is 39.8 Å². The van der Waals surface area contributed by atoms with Crippen LogP contribution in [0.15, 0.2) is 28.6 Å². The molecular formula is C15H20N4O2S2. The second kappa shape index (κ2) is 8.73. The Morgan fingerprint density at radius 3 is 2.91 bits per heavy atom. The monoisotopic (exact) mass is 352 g/mol. The van der Waals surface area contributed by atoms with E-state index in [0.717, 1.165) is 22.4 Å². The van der Waals surface area contributed by atoms with Crippen LogP contribution in [0.1, 0.15) is 20.3 Å². The van der Waals surface area contributed by atoms with E-state index in [2.05, 4.69) is 27.8 Å². The lowest BCUT2D eigenvalue weighted by molar-refractivity contribution is -0.115. The van der Waals surface area contributed by atoms with Crippen LogP contribution in [0.3, 0.4) is 0 Å². The molecule has 2 N–H and O–H groups in total. The van der Waals surface area contributed by atoms with Crippen molar-refractivity contribution in [3.63, 3.8) is 0 Å². The molecule has 1 aromatic carbocycles. The van der Waals surface area contributed by atoms with Crippen LogP contribution < -0.4 is 15.4 Å². The van der Waals surface area contributed by atoms with Crippen molar-refractivity contribution in [1.82, 2.24) is 10.2 Å². The highest BCUT2D eigenvalue weighted by Gasteiger charge is 2.18. The maximum absolute atomic E-state index is 12.3. The van der Waals surface area contributed by atoms with Gasteiger partial charge in [-0.2, -0.15) is 0 Å². The Labute approximate surface area is 144 Å². The van der Waals surface area contributed by atoms with Crippen LogP contribution in [0.25, 0.3) is 0 Å². The van der Waals surface area contributed by atoms with Gasteiger partial charge in [-0.25, -0.2) is 0 Å². The Kier molecular flexibility index (Phi) is 6.66. The highest BCUT2D eigenvalue weighted by molar-refractivity contribution is 8.02. The summed E-state index contributed by atoms with van der Waals surface area (Å²) in [6.45, 7) is 4.80. The van der Waals surface area contributed by atoms with Crippen LogP contribution in [-0.4, -0.2) is 35.0 Å². The summed E-state index contributed by atoms with van der Waals surface area (Å²) in [5.41, 5.74) is 0.662. The van der Waals surface area contributed by atoms with Gasteiger partial charge in [0.05, 0.1) is 18.0 Å². The van der Waals surface area contributed by atoms with Crippen molar-refractivity contribution in [1.29, 1.82) is 0 Å². The molecule has 0 radical (unpaired) electrons. The summed E-state index contributed by atoms with van der Waals surface area (Å²) in [5.74, 6) is 0.540. The molecule has 0 aliphatic heterocycles. The molecule has 0 saturated heterocycles. The largest absolute Gasteiger partial charge is 0.495 e. The second-order valence-corrected chi connectivity index (χ2v) is 7.31. The molecule has 1 atom stereocenters. The van der Waals surface area contributed by atoms with E-state index in [4.69, 9.17) is 4.74 Å². The quantitative estimate of drug-likeness (QED) is 0.708. The van der Waals surface area contributed by atoms with Crippen LogP contribution in [0, 0.1) is 0 Å². The molecule has 0 aliphatic carbocycles. The van der Waals surface area contributed by atoms with Crippen molar-refractivity contribution in [2.24, 2.45) is 0 Å². The average molecular weight is 352 g/mol. The van der Waals surface area contributed by atoms with Gasteiger partial charge in [-0.15, -0.1) is 10.2 Å². The van der Waals surface area contributed by atoms with E-state index in [1.54, 1.807) is 7.11 Å². The van der Waals surface area contributed by atoms with Gasteiger partial charge in [-0.1, -0.05) is 42.2 Å². The Bertz CT molecular complexity index is 648. The van der Waals surface area contributed by atoms with Gasteiger partial charge in [-0.05, 0) is 25.5 Å². The highest BCUT2D eigenvalue weighted by Crippen LogP contribution is 2.30. The Morgan fingerprint density at radius 2 is 2.17 bits per heavy atom. The van der Waals surface area contributed by atoms with E-state index in [0.29, 0.717) is 11.4 Å². The fraction of sp³-hybridized carbons (Fsp3) is 0.400. The van der Waals surface area contributed by atoms with Crippen LogP contribution in [0.4, 0.5) is 10.8 Å². The normalized spacial score (nSPS) is 11.8. The van der Waals surface area contributed by atoms with Gasteiger partial charge < -0.3 is 15.4 Å². The van der Waals surface area contributed by atoms with E-state index in [-0.39, 0.29) is 11.2 Å². The van der Waals surface area contributed by atoms with Crippen LogP contribution in [0.2, 0.25) is 0 Å². The first kappa shape index (κ1) is 17.6. The van der Waals surface area contributed by atoms with Crippen LogP contribution in [-0.2, 0) is 4.79 Å². The summed E-state index contributed by atoms with van der Waals surface area (Å²) in [6, 6.07) is 7.33. The van der Waals surface area contributed by atoms with E-state index in [1.807, 2.05) is 31.2 Å². The number of aromatic nitrogens is 2. The average Bonchev–Trinajstić information content (AvgIpc) is 3.00. The van der Waals surface area contributed by atoms with Crippen molar-refractivity contribution in [2.75, 3.05) is 24.3 Å².